The van der Waals surface area contributed by atoms with Crippen LogP contribution in [0.3, 0.4) is 0 Å². The summed E-state index contributed by atoms with van der Waals surface area (Å²) in [6.07, 6.45) is 1.86. The molecule has 1 amide bonds. The third kappa shape index (κ3) is 4.54. The van der Waals surface area contributed by atoms with Crippen LogP contribution in [0.25, 0.3) is 16.7 Å². The molecule has 4 aromatic rings. The first kappa shape index (κ1) is 22.4. The van der Waals surface area contributed by atoms with Crippen LogP contribution in [0, 0.1) is 10.1 Å². The van der Waals surface area contributed by atoms with Gasteiger partial charge in [0, 0.05) is 12.3 Å². The molecule has 14 heteroatoms. The largest absolute Gasteiger partial charge is 0.476 e. The number of nitro groups is 1. The highest BCUT2D eigenvalue weighted by atomic mass is 35.5. The van der Waals surface area contributed by atoms with Gasteiger partial charge in [-0.05, 0) is 18.2 Å². The third-order valence-electron chi connectivity index (χ3n) is 4.56. The number of carbonyl (C=O) groups excluding carboxylic acids is 1. The van der Waals surface area contributed by atoms with Crippen molar-refractivity contribution in [3.8, 4) is 5.69 Å². The zero-order valence-electron chi connectivity index (χ0n) is 16.9. The van der Waals surface area contributed by atoms with E-state index < -0.39 is 33.9 Å². The number of aromatic nitrogens is 4. The summed E-state index contributed by atoms with van der Waals surface area (Å²) in [5.74, 6) is -1.54. The maximum absolute atomic E-state index is 12.0. The number of nitro benzene ring substituents is 1. The second-order valence-corrected chi connectivity index (χ2v) is 7.20. The highest BCUT2D eigenvalue weighted by Crippen LogP contribution is 2.27. The van der Waals surface area contributed by atoms with Crippen molar-refractivity contribution in [2.45, 2.75) is 6.61 Å². The van der Waals surface area contributed by atoms with Gasteiger partial charge in [0.2, 0.25) is 5.69 Å². The zero-order chi connectivity index (χ0) is 24.4. The molecular formula is C20H13ClN6O7. The molecule has 172 valence electrons. The monoisotopic (exact) mass is 484 g/mol. The number of nitrogens with one attached hydrogen (secondary N) is 2. The Hall–Kier alpha value is -4.78. The van der Waals surface area contributed by atoms with Crippen LogP contribution in [0.4, 0.5) is 16.2 Å². The molecule has 2 aromatic heterocycles. The maximum Gasteiger partial charge on any atom is 0.412 e. The van der Waals surface area contributed by atoms with Gasteiger partial charge in [-0.1, -0.05) is 23.7 Å². The first-order chi connectivity index (χ1) is 16.2. The predicted octanol–water partition coefficient (Wildman–Crippen LogP) is 3.12. The molecule has 2 aromatic carbocycles. The van der Waals surface area contributed by atoms with E-state index in [1.165, 1.54) is 23.2 Å². The van der Waals surface area contributed by atoms with E-state index in [4.69, 9.17) is 21.4 Å². The van der Waals surface area contributed by atoms with Gasteiger partial charge in [0.15, 0.2) is 0 Å². The van der Waals surface area contributed by atoms with Gasteiger partial charge in [0.1, 0.15) is 12.3 Å². The Balaban J connectivity index is 1.59. The van der Waals surface area contributed by atoms with E-state index in [0.29, 0.717) is 10.7 Å². The van der Waals surface area contributed by atoms with Crippen LogP contribution >= 0.6 is 11.6 Å². The molecule has 0 unspecified atom stereocenters. The van der Waals surface area contributed by atoms with Gasteiger partial charge in [-0.15, -0.1) is 0 Å². The molecule has 0 fully saturated rings. The van der Waals surface area contributed by atoms with Crippen molar-refractivity contribution in [2.24, 2.45) is 0 Å². The van der Waals surface area contributed by atoms with E-state index in [9.17, 15) is 24.5 Å². The fraction of sp³-hybridized carbons (Fsp3) is 0.0500. The number of H-pyrrole nitrogens is 1. The number of hydrogen-bond acceptors (Lipinski definition) is 8. The van der Waals surface area contributed by atoms with Crippen molar-refractivity contribution in [3.05, 3.63) is 85.8 Å². The Labute approximate surface area is 193 Å². The first-order valence-corrected chi connectivity index (χ1v) is 9.78. The number of para-hydroxylation sites is 1. The van der Waals surface area contributed by atoms with Gasteiger partial charge in [-0.3, -0.25) is 24.8 Å². The van der Waals surface area contributed by atoms with Crippen molar-refractivity contribution in [3.63, 3.8) is 0 Å². The molecule has 0 bridgehead atoms. The van der Waals surface area contributed by atoms with E-state index in [2.05, 4.69) is 20.3 Å². The van der Waals surface area contributed by atoms with Crippen LogP contribution in [0.2, 0.25) is 5.02 Å². The van der Waals surface area contributed by atoms with Crippen LogP contribution in [0.15, 0.2) is 53.7 Å². The number of nitrogens with zero attached hydrogens (tertiary/aromatic N) is 4. The number of carboxylic acid groups (broad SMARTS) is 1. The molecule has 0 spiro atoms. The second kappa shape index (κ2) is 8.99. The number of amides is 1. The highest BCUT2D eigenvalue weighted by molar-refractivity contribution is 6.33. The fourth-order valence-electron chi connectivity index (χ4n) is 3.03. The van der Waals surface area contributed by atoms with E-state index in [1.54, 1.807) is 24.3 Å². The Kier molecular flexibility index (Phi) is 5.93. The Morgan fingerprint density at radius 1 is 1.29 bits per heavy atom. The van der Waals surface area contributed by atoms with Crippen LogP contribution in [0.1, 0.15) is 16.2 Å². The predicted molar refractivity (Wildman–Crippen MR) is 118 cm³/mol. The number of fused-ring (bicyclic) bond motifs is 1. The van der Waals surface area contributed by atoms with Crippen molar-refractivity contribution in [2.75, 3.05) is 5.32 Å². The van der Waals surface area contributed by atoms with Gasteiger partial charge < -0.3 is 14.8 Å². The molecule has 2 heterocycles. The number of carbonyl (C=O) groups is 2. The number of aromatic amines is 1. The van der Waals surface area contributed by atoms with E-state index >= 15 is 0 Å². The SMILES string of the molecule is O=C(Nc1ccccc1Cl)OCc1cn(-c2cc3nc(C(=O)O)c(=O)[nH]c3cc2[N+](=O)[O-])cn1. The summed E-state index contributed by atoms with van der Waals surface area (Å²) in [5.41, 5.74) is -1.49. The molecule has 0 aliphatic heterocycles. The van der Waals surface area contributed by atoms with Crippen molar-refractivity contribution >= 4 is 46.1 Å². The van der Waals surface area contributed by atoms with Crippen LogP contribution in [0.5, 0.6) is 0 Å². The third-order valence-corrected chi connectivity index (χ3v) is 4.89. The molecule has 0 atom stereocenters. The molecule has 0 radical (unpaired) electrons. The number of anilines is 1. The van der Waals surface area contributed by atoms with Crippen LogP contribution in [-0.4, -0.2) is 41.6 Å². The van der Waals surface area contributed by atoms with Crippen molar-refractivity contribution < 1.29 is 24.4 Å². The summed E-state index contributed by atoms with van der Waals surface area (Å²) in [4.78, 5) is 56.1. The van der Waals surface area contributed by atoms with Crippen molar-refractivity contribution in [1.82, 2.24) is 19.5 Å². The number of rotatable bonds is 6. The molecule has 0 aliphatic carbocycles. The summed E-state index contributed by atoms with van der Waals surface area (Å²) < 4.78 is 6.39. The summed E-state index contributed by atoms with van der Waals surface area (Å²) in [6.45, 7) is -0.251. The van der Waals surface area contributed by atoms with E-state index in [1.807, 2.05) is 0 Å². The van der Waals surface area contributed by atoms with E-state index in [0.717, 1.165) is 6.07 Å². The lowest BCUT2D eigenvalue weighted by Crippen LogP contribution is -2.20. The van der Waals surface area contributed by atoms with Crippen LogP contribution < -0.4 is 10.9 Å². The topological polar surface area (TPSA) is 182 Å². The summed E-state index contributed by atoms with van der Waals surface area (Å²) >= 11 is 5.98. The summed E-state index contributed by atoms with van der Waals surface area (Å²) in [7, 11) is 0. The molecule has 3 N–H and O–H groups in total. The maximum atomic E-state index is 12.0. The smallest absolute Gasteiger partial charge is 0.412 e. The summed E-state index contributed by atoms with van der Waals surface area (Å²) in [5, 5.41) is 23.5. The van der Waals surface area contributed by atoms with Crippen LogP contribution in [-0.2, 0) is 11.3 Å². The number of imidazole rings is 1. The molecule has 0 saturated heterocycles. The van der Waals surface area contributed by atoms with Gasteiger partial charge >= 0.3 is 12.1 Å². The normalized spacial score (nSPS) is 10.7. The minimum absolute atomic E-state index is 0.00709. The van der Waals surface area contributed by atoms with Gasteiger partial charge in [0.05, 0.1) is 38.7 Å². The van der Waals surface area contributed by atoms with E-state index in [-0.39, 0.29) is 29.0 Å². The zero-order valence-corrected chi connectivity index (χ0v) is 17.6. The Morgan fingerprint density at radius 2 is 2.06 bits per heavy atom. The van der Waals surface area contributed by atoms with Gasteiger partial charge in [0.25, 0.3) is 11.2 Å². The number of benzene rings is 2. The Morgan fingerprint density at radius 3 is 2.76 bits per heavy atom. The minimum Gasteiger partial charge on any atom is -0.476 e. The quantitative estimate of drug-likeness (QED) is 0.273. The average molecular weight is 485 g/mol. The average Bonchev–Trinajstić information content (AvgIpc) is 3.26. The Bertz CT molecular complexity index is 1510. The highest BCUT2D eigenvalue weighted by Gasteiger charge is 2.21. The lowest BCUT2D eigenvalue weighted by molar-refractivity contribution is -0.384. The van der Waals surface area contributed by atoms with Gasteiger partial charge in [-0.2, -0.15) is 0 Å². The molecule has 4 rings (SSSR count). The summed E-state index contributed by atoms with van der Waals surface area (Å²) in [6, 6.07) is 8.88. The second-order valence-electron chi connectivity index (χ2n) is 6.79. The molecule has 0 aliphatic rings. The fourth-order valence-corrected chi connectivity index (χ4v) is 3.21. The van der Waals surface area contributed by atoms with Crippen molar-refractivity contribution in [1.29, 1.82) is 0 Å². The standard InChI is InChI=1S/C20H13ClN6O7/c21-11-3-1-2-4-12(11)25-20(31)34-8-10-7-26(9-22-10)15-5-13-14(6-16(15)27(32)33)24-18(28)17(23-13)19(29)30/h1-7,9H,8H2,(H,24,28)(H,25,31)(H,29,30). The number of halogens is 1. The lowest BCUT2D eigenvalue weighted by Gasteiger charge is -2.07. The lowest BCUT2D eigenvalue weighted by atomic mass is 10.2. The number of hydrogen-bond donors (Lipinski definition) is 3. The minimum atomic E-state index is -1.54. The molecular weight excluding hydrogens is 472 g/mol. The first-order valence-electron chi connectivity index (χ1n) is 9.40. The number of aromatic carboxylic acids is 1. The van der Waals surface area contributed by atoms with Gasteiger partial charge in [-0.25, -0.2) is 19.6 Å². The number of ether oxygens (including phenoxy) is 1. The molecule has 13 nitrogen and oxygen atoms in total. The number of carboxylic acids is 1. The molecule has 34 heavy (non-hydrogen) atoms. The molecule has 0 saturated carbocycles.